The summed E-state index contributed by atoms with van der Waals surface area (Å²) in [6, 6.07) is 7.27. The minimum atomic E-state index is 0.0245. The van der Waals surface area contributed by atoms with Gasteiger partial charge in [0.05, 0.1) is 6.21 Å². The van der Waals surface area contributed by atoms with Crippen LogP contribution in [-0.2, 0) is 4.79 Å². The van der Waals surface area contributed by atoms with Crippen LogP contribution < -0.4 is 5.43 Å². The second-order valence-corrected chi connectivity index (χ2v) is 4.35. The van der Waals surface area contributed by atoms with Crippen LogP contribution in [0.15, 0.2) is 29.4 Å². The van der Waals surface area contributed by atoms with Crippen LogP contribution in [0.3, 0.4) is 0 Å². The highest BCUT2D eigenvalue weighted by molar-refractivity contribution is 6.30. The SMILES string of the molecule is O=C(NN=Cc1ccc(Cl)cc1)C1CCC1. The molecular formula is C12H13ClN2O. The molecule has 0 aliphatic heterocycles. The lowest BCUT2D eigenvalue weighted by Crippen LogP contribution is -2.31. The number of benzene rings is 1. The summed E-state index contributed by atoms with van der Waals surface area (Å²) in [6.07, 6.45) is 4.75. The third-order valence-corrected chi connectivity index (χ3v) is 2.99. The molecule has 16 heavy (non-hydrogen) atoms. The van der Waals surface area contributed by atoms with E-state index in [0.29, 0.717) is 5.02 Å². The van der Waals surface area contributed by atoms with Crippen LogP contribution in [0.2, 0.25) is 5.02 Å². The quantitative estimate of drug-likeness (QED) is 0.636. The van der Waals surface area contributed by atoms with Crippen LogP contribution >= 0.6 is 11.6 Å². The standard InChI is InChI=1S/C12H13ClN2O/c13-11-6-4-9(5-7-11)8-14-15-12(16)10-2-1-3-10/h4-8,10H,1-3H2,(H,15,16). The van der Waals surface area contributed by atoms with E-state index >= 15 is 0 Å². The zero-order valence-electron chi connectivity index (χ0n) is 8.82. The topological polar surface area (TPSA) is 41.5 Å². The molecule has 84 valence electrons. The molecule has 1 aromatic rings. The molecule has 0 radical (unpaired) electrons. The molecule has 1 aliphatic rings. The first-order valence-electron chi connectivity index (χ1n) is 5.34. The van der Waals surface area contributed by atoms with Gasteiger partial charge in [0.2, 0.25) is 5.91 Å². The van der Waals surface area contributed by atoms with Crippen molar-refractivity contribution < 1.29 is 4.79 Å². The van der Waals surface area contributed by atoms with Crippen molar-refractivity contribution in [3.63, 3.8) is 0 Å². The molecular weight excluding hydrogens is 224 g/mol. The molecule has 4 heteroatoms. The summed E-state index contributed by atoms with van der Waals surface area (Å²) in [5, 5.41) is 4.60. The Morgan fingerprint density at radius 2 is 2.06 bits per heavy atom. The molecule has 0 atom stereocenters. The van der Waals surface area contributed by atoms with Gasteiger partial charge in [-0.2, -0.15) is 5.10 Å². The Bertz CT molecular complexity index is 396. The van der Waals surface area contributed by atoms with E-state index in [9.17, 15) is 4.79 Å². The fraction of sp³-hybridized carbons (Fsp3) is 0.333. The second kappa shape index (κ2) is 5.12. The number of hydrogen-bond donors (Lipinski definition) is 1. The van der Waals surface area contributed by atoms with Crippen molar-refractivity contribution in [1.82, 2.24) is 5.43 Å². The van der Waals surface area contributed by atoms with Gasteiger partial charge < -0.3 is 0 Å². The van der Waals surface area contributed by atoms with Gasteiger partial charge in [-0.05, 0) is 30.5 Å². The summed E-state index contributed by atoms with van der Waals surface area (Å²) in [5.41, 5.74) is 3.46. The van der Waals surface area contributed by atoms with E-state index in [1.807, 2.05) is 12.1 Å². The molecule has 2 rings (SSSR count). The monoisotopic (exact) mass is 236 g/mol. The molecule has 1 amide bonds. The van der Waals surface area contributed by atoms with Crippen molar-refractivity contribution in [2.24, 2.45) is 11.0 Å². The third-order valence-electron chi connectivity index (χ3n) is 2.73. The van der Waals surface area contributed by atoms with Gasteiger partial charge in [-0.1, -0.05) is 30.2 Å². The van der Waals surface area contributed by atoms with Gasteiger partial charge in [0, 0.05) is 10.9 Å². The molecule has 0 unspecified atom stereocenters. The van der Waals surface area contributed by atoms with Crippen molar-refractivity contribution in [1.29, 1.82) is 0 Å². The number of halogens is 1. The summed E-state index contributed by atoms with van der Waals surface area (Å²) in [6.45, 7) is 0. The van der Waals surface area contributed by atoms with Crippen molar-refractivity contribution >= 4 is 23.7 Å². The van der Waals surface area contributed by atoms with Crippen molar-refractivity contribution in [2.45, 2.75) is 19.3 Å². The predicted molar refractivity (Wildman–Crippen MR) is 64.5 cm³/mol. The summed E-state index contributed by atoms with van der Waals surface area (Å²) in [4.78, 5) is 11.4. The van der Waals surface area contributed by atoms with Crippen LogP contribution in [0.4, 0.5) is 0 Å². The molecule has 0 aromatic heterocycles. The van der Waals surface area contributed by atoms with Gasteiger partial charge >= 0.3 is 0 Å². The number of carbonyl (C=O) groups is 1. The zero-order chi connectivity index (χ0) is 11.4. The van der Waals surface area contributed by atoms with Gasteiger partial charge in [0.1, 0.15) is 0 Å². The lowest BCUT2D eigenvalue weighted by Gasteiger charge is -2.22. The van der Waals surface area contributed by atoms with Crippen molar-refractivity contribution in [3.8, 4) is 0 Å². The van der Waals surface area contributed by atoms with E-state index in [2.05, 4.69) is 10.5 Å². The summed E-state index contributed by atoms with van der Waals surface area (Å²) in [5.74, 6) is 0.193. The first-order valence-corrected chi connectivity index (χ1v) is 5.72. The molecule has 1 aromatic carbocycles. The van der Waals surface area contributed by atoms with Gasteiger partial charge in [-0.25, -0.2) is 5.43 Å². The largest absolute Gasteiger partial charge is 0.273 e. The minimum absolute atomic E-state index is 0.0245. The Kier molecular flexibility index (Phi) is 3.57. The second-order valence-electron chi connectivity index (χ2n) is 3.91. The smallest absolute Gasteiger partial charge is 0.243 e. The van der Waals surface area contributed by atoms with Gasteiger partial charge in [0.25, 0.3) is 0 Å². The van der Waals surface area contributed by atoms with E-state index in [0.717, 1.165) is 24.8 Å². The van der Waals surface area contributed by atoms with Crippen LogP contribution in [0.25, 0.3) is 0 Å². The Labute approximate surface area is 99.5 Å². The molecule has 0 spiro atoms. The predicted octanol–water partition coefficient (Wildman–Crippen LogP) is 2.59. The van der Waals surface area contributed by atoms with Gasteiger partial charge in [0.15, 0.2) is 0 Å². The van der Waals surface area contributed by atoms with Crippen molar-refractivity contribution in [3.05, 3.63) is 34.9 Å². The third kappa shape index (κ3) is 2.83. The number of nitrogens with one attached hydrogen (secondary N) is 1. The maximum absolute atomic E-state index is 11.4. The fourth-order valence-corrected chi connectivity index (χ4v) is 1.61. The Hall–Kier alpha value is -1.35. The maximum atomic E-state index is 11.4. The highest BCUT2D eigenvalue weighted by Crippen LogP contribution is 2.26. The minimum Gasteiger partial charge on any atom is -0.273 e. The number of nitrogens with zero attached hydrogens (tertiary/aromatic N) is 1. The van der Waals surface area contributed by atoms with Crippen LogP contribution in [-0.4, -0.2) is 12.1 Å². The molecule has 1 aliphatic carbocycles. The Morgan fingerprint density at radius 1 is 1.38 bits per heavy atom. The van der Waals surface area contributed by atoms with Gasteiger partial charge in [-0.15, -0.1) is 0 Å². The average molecular weight is 237 g/mol. The van der Waals surface area contributed by atoms with E-state index in [1.165, 1.54) is 0 Å². The Balaban J connectivity index is 1.84. The lowest BCUT2D eigenvalue weighted by molar-refractivity contribution is -0.127. The highest BCUT2D eigenvalue weighted by Gasteiger charge is 2.24. The normalized spacial score (nSPS) is 16.1. The molecule has 1 fully saturated rings. The fourth-order valence-electron chi connectivity index (χ4n) is 1.48. The molecule has 3 nitrogen and oxygen atoms in total. The number of amides is 1. The summed E-state index contributed by atoms with van der Waals surface area (Å²) >= 11 is 5.75. The first kappa shape index (κ1) is 11.1. The van der Waals surface area contributed by atoms with E-state index < -0.39 is 0 Å². The molecule has 0 bridgehead atoms. The Morgan fingerprint density at radius 3 is 2.62 bits per heavy atom. The molecule has 0 heterocycles. The average Bonchev–Trinajstić information content (AvgIpc) is 2.18. The highest BCUT2D eigenvalue weighted by atomic mass is 35.5. The lowest BCUT2D eigenvalue weighted by atomic mass is 9.85. The van der Waals surface area contributed by atoms with Gasteiger partial charge in [-0.3, -0.25) is 4.79 Å². The van der Waals surface area contributed by atoms with Crippen LogP contribution in [0, 0.1) is 5.92 Å². The molecule has 1 saturated carbocycles. The van der Waals surface area contributed by atoms with E-state index in [-0.39, 0.29) is 11.8 Å². The molecule has 0 saturated heterocycles. The number of hydrogen-bond acceptors (Lipinski definition) is 2. The number of hydrazone groups is 1. The van der Waals surface area contributed by atoms with Crippen LogP contribution in [0.1, 0.15) is 24.8 Å². The number of carbonyl (C=O) groups excluding carboxylic acids is 1. The van der Waals surface area contributed by atoms with Crippen LogP contribution in [0.5, 0.6) is 0 Å². The summed E-state index contributed by atoms with van der Waals surface area (Å²) in [7, 11) is 0. The van der Waals surface area contributed by atoms with E-state index in [4.69, 9.17) is 11.6 Å². The number of rotatable bonds is 3. The molecule has 1 N–H and O–H groups in total. The summed E-state index contributed by atoms with van der Waals surface area (Å²) < 4.78 is 0. The van der Waals surface area contributed by atoms with E-state index in [1.54, 1.807) is 18.3 Å². The first-order chi connectivity index (χ1) is 7.75. The maximum Gasteiger partial charge on any atom is 0.243 e. The zero-order valence-corrected chi connectivity index (χ0v) is 9.57. The van der Waals surface area contributed by atoms with Crippen molar-refractivity contribution in [2.75, 3.05) is 0 Å².